The summed E-state index contributed by atoms with van der Waals surface area (Å²) in [5, 5.41) is 26.5. The summed E-state index contributed by atoms with van der Waals surface area (Å²) in [6.45, 7) is 1.22. The predicted octanol–water partition coefficient (Wildman–Crippen LogP) is -1.80. The Hall–Kier alpha value is -2.53. The fraction of sp³-hybridized carbons (Fsp3) is 0.615. The maximum atomic E-state index is 12.3. The highest BCUT2D eigenvalue weighted by atomic mass is 16.4. The van der Waals surface area contributed by atoms with E-state index in [1.165, 1.54) is 6.92 Å². The standard InChI is InChI=1S/C13H21N3O8/c1-6(14)11(21)16(8(13(23)24)3-5-10(19)20)12(22)7(15)2-4-9(17)18/h6-8H,2-5,14-15H2,1H3,(H,17,18)(H,19,20)(H,23,24)/t6-,7-,8-/m0/s1. The van der Waals surface area contributed by atoms with Crippen molar-refractivity contribution in [1.82, 2.24) is 4.90 Å². The molecule has 0 aromatic rings. The van der Waals surface area contributed by atoms with Crippen molar-refractivity contribution < 1.29 is 39.3 Å². The van der Waals surface area contributed by atoms with Gasteiger partial charge in [0.25, 0.3) is 0 Å². The van der Waals surface area contributed by atoms with Crippen LogP contribution in [0, 0.1) is 0 Å². The highest BCUT2D eigenvalue weighted by molar-refractivity contribution is 6.03. The largest absolute Gasteiger partial charge is 0.481 e. The van der Waals surface area contributed by atoms with E-state index in [2.05, 4.69) is 0 Å². The van der Waals surface area contributed by atoms with Crippen LogP contribution in [0.1, 0.15) is 32.6 Å². The van der Waals surface area contributed by atoms with E-state index in [0.717, 1.165) is 0 Å². The topological polar surface area (TPSA) is 201 Å². The molecule has 7 N–H and O–H groups in total. The number of carbonyl (C=O) groups is 5. The van der Waals surface area contributed by atoms with Crippen LogP contribution in [0.4, 0.5) is 0 Å². The van der Waals surface area contributed by atoms with Gasteiger partial charge in [0.15, 0.2) is 0 Å². The molecule has 0 aromatic carbocycles. The SMILES string of the molecule is C[C@H](N)C(=O)N(C(=O)[C@@H](N)CCC(=O)O)[C@@H](CCC(=O)O)C(=O)O. The van der Waals surface area contributed by atoms with Crippen LogP contribution in [-0.4, -0.2) is 68.1 Å². The molecule has 0 spiro atoms. The number of nitrogens with two attached hydrogens (primary N) is 2. The highest BCUT2D eigenvalue weighted by Gasteiger charge is 2.38. The smallest absolute Gasteiger partial charge is 0.326 e. The van der Waals surface area contributed by atoms with E-state index in [9.17, 15) is 29.1 Å². The number of hydrogen-bond donors (Lipinski definition) is 5. The van der Waals surface area contributed by atoms with E-state index in [-0.39, 0.29) is 6.42 Å². The zero-order valence-electron chi connectivity index (χ0n) is 13.0. The van der Waals surface area contributed by atoms with E-state index >= 15 is 0 Å². The van der Waals surface area contributed by atoms with Crippen molar-refractivity contribution >= 4 is 29.7 Å². The minimum Gasteiger partial charge on any atom is -0.481 e. The number of amides is 2. The Balaban J connectivity index is 5.50. The summed E-state index contributed by atoms with van der Waals surface area (Å²) in [5.74, 6) is -6.27. The molecule has 0 aromatic heterocycles. The maximum Gasteiger partial charge on any atom is 0.326 e. The van der Waals surface area contributed by atoms with Gasteiger partial charge >= 0.3 is 17.9 Å². The van der Waals surface area contributed by atoms with E-state index in [0.29, 0.717) is 4.90 Å². The van der Waals surface area contributed by atoms with Gasteiger partial charge in [0.1, 0.15) is 6.04 Å². The Bertz CT molecular complexity index is 519. The number of aliphatic carboxylic acids is 3. The minimum atomic E-state index is -1.76. The third kappa shape index (κ3) is 6.71. The maximum absolute atomic E-state index is 12.3. The van der Waals surface area contributed by atoms with Crippen molar-refractivity contribution in [3.05, 3.63) is 0 Å². The van der Waals surface area contributed by atoms with Gasteiger partial charge in [-0.15, -0.1) is 0 Å². The van der Waals surface area contributed by atoms with E-state index in [1.54, 1.807) is 0 Å². The summed E-state index contributed by atoms with van der Waals surface area (Å²) in [6, 6.07) is -4.43. The van der Waals surface area contributed by atoms with E-state index in [4.69, 9.17) is 21.7 Å². The summed E-state index contributed by atoms with van der Waals surface area (Å²) >= 11 is 0. The Morgan fingerprint density at radius 2 is 1.33 bits per heavy atom. The number of hydrogen-bond acceptors (Lipinski definition) is 7. The molecule has 3 atom stereocenters. The van der Waals surface area contributed by atoms with Gasteiger partial charge in [-0.1, -0.05) is 0 Å². The number of carboxylic acids is 3. The lowest BCUT2D eigenvalue weighted by Gasteiger charge is -2.30. The average Bonchev–Trinajstić information content (AvgIpc) is 2.46. The summed E-state index contributed by atoms with van der Waals surface area (Å²) in [5.41, 5.74) is 10.9. The Morgan fingerprint density at radius 1 is 0.875 bits per heavy atom. The third-order valence-corrected chi connectivity index (χ3v) is 3.08. The molecule has 136 valence electrons. The molecule has 0 aliphatic carbocycles. The van der Waals surface area contributed by atoms with Crippen LogP contribution in [0.15, 0.2) is 0 Å². The molecule has 0 heterocycles. The minimum absolute atomic E-state index is 0.317. The van der Waals surface area contributed by atoms with Crippen molar-refractivity contribution in [2.75, 3.05) is 0 Å². The molecule has 11 nitrogen and oxygen atoms in total. The first-order valence-electron chi connectivity index (χ1n) is 7.03. The van der Waals surface area contributed by atoms with E-state index < -0.39 is 67.1 Å². The van der Waals surface area contributed by atoms with Crippen molar-refractivity contribution in [1.29, 1.82) is 0 Å². The van der Waals surface area contributed by atoms with Crippen molar-refractivity contribution in [3.63, 3.8) is 0 Å². The lowest BCUT2D eigenvalue weighted by molar-refractivity contribution is -0.160. The molecule has 2 amide bonds. The summed E-state index contributed by atoms with van der Waals surface area (Å²) in [4.78, 5) is 57.3. The van der Waals surface area contributed by atoms with E-state index in [1.807, 2.05) is 0 Å². The molecule has 24 heavy (non-hydrogen) atoms. The normalized spacial score (nSPS) is 14.3. The second-order valence-electron chi connectivity index (χ2n) is 5.16. The average molecular weight is 347 g/mol. The zero-order valence-corrected chi connectivity index (χ0v) is 13.0. The van der Waals surface area contributed by atoms with Crippen LogP contribution in [0.5, 0.6) is 0 Å². The quantitative estimate of drug-likeness (QED) is 0.300. The molecular weight excluding hydrogens is 326 g/mol. The lowest BCUT2D eigenvalue weighted by atomic mass is 10.0. The summed E-state index contributed by atoms with van der Waals surface area (Å²) in [6.07, 6.45) is -1.90. The molecule has 0 radical (unpaired) electrons. The van der Waals surface area contributed by atoms with Gasteiger partial charge in [0, 0.05) is 12.8 Å². The molecule has 0 saturated heterocycles. The van der Waals surface area contributed by atoms with Gasteiger partial charge in [0.2, 0.25) is 11.8 Å². The van der Waals surface area contributed by atoms with Crippen LogP contribution in [0.25, 0.3) is 0 Å². The highest BCUT2D eigenvalue weighted by Crippen LogP contribution is 2.13. The van der Waals surface area contributed by atoms with Crippen LogP contribution in [-0.2, 0) is 24.0 Å². The number of carboxylic acid groups (broad SMARTS) is 3. The molecule has 0 bridgehead atoms. The Morgan fingerprint density at radius 3 is 1.71 bits per heavy atom. The molecular formula is C13H21N3O8. The van der Waals surface area contributed by atoms with Gasteiger partial charge in [-0.2, -0.15) is 0 Å². The molecule has 0 saturated carbocycles. The van der Waals surface area contributed by atoms with Crippen LogP contribution >= 0.6 is 0 Å². The van der Waals surface area contributed by atoms with Gasteiger partial charge < -0.3 is 26.8 Å². The Labute approximate surface area is 137 Å². The van der Waals surface area contributed by atoms with Crippen LogP contribution < -0.4 is 11.5 Å². The Kier molecular flexibility index (Phi) is 8.56. The second-order valence-corrected chi connectivity index (χ2v) is 5.16. The lowest BCUT2D eigenvalue weighted by Crippen LogP contribution is -2.57. The molecule has 0 unspecified atom stereocenters. The van der Waals surface area contributed by atoms with Crippen LogP contribution in [0.3, 0.4) is 0 Å². The third-order valence-electron chi connectivity index (χ3n) is 3.08. The fourth-order valence-corrected chi connectivity index (χ4v) is 1.84. The number of imide groups is 1. The van der Waals surface area contributed by atoms with Gasteiger partial charge in [0.05, 0.1) is 12.1 Å². The number of rotatable bonds is 10. The first-order chi connectivity index (χ1) is 11.0. The van der Waals surface area contributed by atoms with Crippen LogP contribution in [0.2, 0.25) is 0 Å². The number of carbonyl (C=O) groups excluding carboxylic acids is 2. The zero-order chi connectivity index (χ0) is 19.0. The summed E-state index contributed by atoms with van der Waals surface area (Å²) in [7, 11) is 0. The molecule has 11 heteroatoms. The number of nitrogens with zero attached hydrogens (tertiary/aromatic N) is 1. The van der Waals surface area contributed by atoms with Gasteiger partial charge in [-0.3, -0.25) is 24.1 Å². The monoisotopic (exact) mass is 347 g/mol. The first kappa shape index (κ1) is 21.5. The molecule has 0 aliphatic heterocycles. The molecule has 0 rings (SSSR count). The molecule has 0 aliphatic rings. The predicted molar refractivity (Wildman–Crippen MR) is 78.6 cm³/mol. The summed E-state index contributed by atoms with van der Waals surface area (Å²) < 4.78 is 0. The first-order valence-corrected chi connectivity index (χ1v) is 7.03. The van der Waals surface area contributed by atoms with Gasteiger partial charge in [-0.05, 0) is 19.8 Å². The van der Waals surface area contributed by atoms with Crippen molar-refractivity contribution in [2.24, 2.45) is 11.5 Å². The van der Waals surface area contributed by atoms with Crippen molar-refractivity contribution in [3.8, 4) is 0 Å². The second kappa shape index (κ2) is 9.57. The van der Waals surface area contributed by atoms with Gasteiger partial charge in [-0.25, -0.2) is 4.79 Å². The molecule has 0 fully saturated rings. The van der Waals surface area contributed by atoms with Crippen molar-refractivity contribution in [2.45, 2.75) is 50.7 Å². The fourth-order valence-electron chi connectivity index (χ4n) is 1.84.